The molecule has 0 aliphatic carbocycles. The summed E-state index contributed by atoms with van der Waals surface area (Å²) in [5.41, 5.74) is 2.28. The number of hydrogen-bond donors (Lipinski definition) is 1. The fourth-order valence-electron chi connectivity index (χ4n) is 3.23. The van der Waals surface area contributed by atoms with Crippen molar-refractivity contribution in [3.63, 3.8) is 0 Å². The molecule has 1 amide bonds. The second-order valence-electron chi connectivity index (χ2n) is 6.25. The van der Waals surface area contributed by atoms with Gasteiger partial charge in [0.2, 0.25) is 5.91 Å². The Kier molecular flexibility index (Phi) is 4.05. The Morgan fingerprint density at radius 1 is 1.28 bits per heavy atom. The van der Waals surface area contributed by atoms with E-state index in [-0.39, 0.29) is 11.9 Å². The molecule has 1 atom stereocenters. The van der Waals surface area contributed by atoms with Crippen LogP contribution < -0.4 is 5.32 Å². The molecule has 7 heteroatoms. The number of piperidine rings is 1. The van der Waals surface area contributed by atoms with E-state index < -0.39 is 0 Å². The molecule has 0 unspecified atom stereocenters. The van der Waals surface area contributed by atoms with E-state index in [1.807, 2.05) is 42.2 Å². The second-order valence-corrected chi connectivity index (χ2v) is 6.25. The minimum Gasteiger partial charge on any atom is -0.358 e. The fraction of sp³-hybridized carbons (Fsp3) is 0.333. The summed E-state index contributed by atoms with van der Waals surface area (Å²) in [6.45, 7) is 3.24. The van der Waals surface area contributed by atoms with Crippen LogP contribution in [0.1, 0.15) is 24.1 Å². The first-order valence-electron chi connectivity index (χ1n) is 8.38. The van der Waals surface area contributed by atoms with Gasteiger partial charge in [0.15, 0.2) is 0 Å². The van der Waals surface area contributed by atoms with Gasteiger partial charge in [0.25, 0.3) is 5.71 Å². The third-order valence-electron chi connectivity index (χ3n) is 4.50. The molecule has 1 aliphatic heterocycles. The van der Waals surface area contributed by atoms with Gasteiger partial charge in [0, 0.05) is 13.1 Å². The van der Waals surface area contributed by atoms with E-state index in [2.05, 4.69) is 20.4 Å². The van der Waals surface area contributed by atoms with Crippen molar-refractivity contribution in [1.82, 2.24) is 20.0 Å². The monoisotopic (exact) mass is 337 g/mol. The molecule has 0 saturated carbocycles. The summed E-state index contributed by atoms with van der Waals surface area (Å²) in [5.74, 6) is 0.694. The van der Waals surface area contributed by atoms with Crippen molar-refractivity contribution in [2.24, 2.45) is 0 Å². The molecular formula is C18H19N5O2. The van der Waals surface area contributed by atoms with Crippen LogP contribution in [-0.2, 0) is 11.3 Å². The summed E-state index contributed by atoms with van der Waals surface area (Å²) >= 11 is 0. The molecule has 1 fully saturated rings. The first kappa shape index (κ1) is 15.6. The predicted molar refractivity (Wildman–Crippen MR) is 92.8 cm³/mol. The molecular weight excluding hydrogens is 318 g/mol. The maximum atomic E-state index is 12.9. The summed E-state index contributed by atoms with van der Waals surface area (Å²) in [7, 11) is 0. The maximum absolute atomic E-state index is 12.9. The molecule has 25 heavy (non-hydrogen) atoms. The molecule has 0 radical (unpaired) electrons. The Morgan fingerprint density at radius 2 is 2.12 bits per heavy atom. The van der Waals surface area contributed by atoms with Crippen LogP contribution in [0.3, 0.4) is 0 Å². The largest absolute Gasteiger partial charge is 0.358 e. The lowest BCUT2D eigenvalue weighted by Gasteiger charge is -2.33. The average molecular weight is 337 g/mol. The highest BCUT2D eigenvalue weighted by molar-refractivity contribution is 5.91. The van der Waals surface area contributed by atoms with E-state index in [1.165, 1.54) is 6.33 Å². The van der Waals surface area contributed by atoms with Gasteiger partial charge in [-0.3, -0.25) is 4.79 Å². The number of fused-ring (bicyclic) bond motifs is 1. The number of anilines is 1. The van der Waals surface area contributed by atoms with Crippen molar-refractivity contribution in [3.05, 3.63) is 47.9 Å². The van der Waals surface area contributed by atoms with Gasteiger partial charge in [-0.15, -0.1) is 0 Å². The van der Waals surface area contributed by atoms with E-state index in [1.54, 1.807) is 0 Å². The minimum absolute atomic E-state index is 0.0935. The number of benzene rings is 1. The lowest BCUT2D eigenvalue weighted by Crippen LogP contribution is -2.47. The highest BCUT2D eigenvalue weighted by Crippen LogP contribution is 2.25. The first-order valence-corrected chi connectivity index (χ1v) is 8.38. The zero-order valence-corrected chi connectivity index (χ0v) is 14.0. The van der Waals surface area contributed by atoms with E-state index in [4.69, 9.17) is 4.52 Å². The molecule has 1 N–H and O–H groups in total. The van der Waals surface area contributed by atoms with Crippen LogP contribution in [-0.4, -0.2) is 38.5 Å². The van der Waals surface area contributed by atoms with Crippen molar-refractivity contribution in [1.29, 1.82) is 0 Å². The van der Waals surface area contributed by atoms with Gasteiger partial charge >= 0.3 is 0 Å². The Labute approximate surface area is 145 Å². The number of carbonyl (C=O) groups excluding carboxylic acids is 1. The third-order valence-corrected chi connectivity index (χ3v) is 4.50. The van der Waals surface area contributed by atoms with Crippen molar-refractivity contribution < 1.29 is 9.32 Å². The standard InChI is InChI=1S/C18H19N5O2/c1-12-15-16(19-11-20-17(15)25-22-12)21-14-8-5-9-23(18(14)24)10-13-6-3-2-4-7-13/h2-4,6-7,11,14H,5,8-10H2,1H3,(H,19,20,21)/t14-/m0/s1. The summed E-state index contributed by atoms with van der Waals surface area (Å²) in [5, 5.41) is 7.93. The van der Waals surface area contributed by atoms with Crippen molar-refractivity contribution in [3.8, 4) is 0 Å². The van der Waals surface area contributed by atoms with E-state index in [9.17, 15) is 4.79 Å². The highest BCUT2D eigenvalue weighted by Gasteiger charge is 2.29. The van der Waals surface area contributed by atoms with Crippen LogP contribution in [0, 0.1) is 6.92 Å². The van der Waals surface area contributed by atoms with Gasteiger partial charge in [0.1, 0.15) is 23.6 Å². The van der Waals surface area contributed by atoms with Crippen LogP contribution in [0.4, 0.5) is 5.82 Å². The molecule has 3 heterocycles. The Bertz CT molecular complexity index is 893. The Balaban J connectivity index is 1.54. The number of rotatable bonds is 4. The number of nitrogens with zero attached hydrogens (tertiary/aromatic N) is 4. The molecule has 3 aromatic rings. The van der Waals surface area contributed by atoms with Gasteiger partial charge in [-0.25, -0.2) is 4.98 Å². The van der Waals surface area contributed by atoms with Crippen molar-refractivity contribution >= 4 is 22.8 Å². The fourth-order valence-corrected chi connectivity index (χ4v) is 3.23. The highest BCUT2D eigenvalue weighted by atomic mass is 16.5. The lowest BCUT2D eigenvalue weighted by molar-refractivity contribution is -0.134. The SMILES string of the molecule is Cc1noc2ncnc(N[C@H]3CCCN(Cc4ccccc4)C3=O)c12. The maximum Gasteiger partial charge on any atom is 0.263 e. The smallest absolute Gasteiger partial charge is 0.263 e. The molecule has 0 bridgehead atoms. The topological polar surface area (TPSA) is 84.2 Å². The number of carbonyl (C=O) groups is 1. The van der Waals surface area contributed by atoms with Gasteiger partial charge in [0.05, 0.1) is 5.69 Å². The molecule has 0 spiro atoms. The summed E-state index contributed by atoms with van der Waals surface area (Å²) < 4.78 is 5.17. The molecule has 128 valence electrons. The van der Waals surface area contributed by atoms with Gasteiger partial charge in [-0.05, 0) is 25.3 Å². The average Bonchev–Trinajstić information content (AvgIpc) is 3.02. The normalized spacial score (nSPS) is 17.9. The number of amides is 1. The van der Waals surface area contributed by atoms with E-state index in [0.29, 0.717) is 23.8 Å². The van der Waals surface area contributed by atoms with Gasteiger partial charge in [-0.1, -0.05) is 35.5 Å². The first-order chi connectivity index (χ1) is 12.2. The summed E-state index contributed by atoms with van der Waals surface area (Å²) in [6.07, 6.45) is 3.15. The quantitative estimate of drug-likeness (QED) is 0.787. The van der Waals surface area contributed by atoms with E-state index >= 15 is 0 Å². The molecule has 7 nitrogen and oxygen atoms in total. The van der Waals surface area contributed by atoms with Crippen LogP contribution in [0.15, 0.2) is 41.2 Å². The van der Waals surface area contributed by atoms with E-state index in [0.717, 1.165) is 30.3 Å². The minimum atomic E-state index is -0.301. The van der Waals surface area contributed by atoms with Crippen LogP contribution in [0.25, 0.3) is 11.1 Å². The van der Waals surface area contributed by atoms with Crippen LogP contribution in [0.2, 0.25) is 0 Å². The number of aromatic nitrogens is 3. The Hall–Kier alpha value is -2.96. The van der Waals surface area contributed by atoms with Gasteiger partial charge in [-0.2, -0.15) is 4.98 Å². The zero-order valence-electron chi connectivity index (χ0n) is 14.0. The lowest BCUT2D eigenvalue weighted by atomic mass is 10.0. The Morgan fingerprint density at radius 3 is 2.96 bits per heavy atom. The molecule has 4 rings (SSSR count). The number of nitrogens with one attached hydrogen (secondary N) is 1. The number of aryl methyl sites for hydroxylation is 1. The zero-order chi connectivity index (χ0) is 17.2. The van der Waals surface area contributed by atoms with Crippen molar-refractivity contribution in [2.45, 2.75) is 32.4 Å². The van der Waals surface area contributed by atoms with Crippen LogP contribution >= 0.6 is 0 Å². The summed E-state index contributed by atoms with van der Waals surface area (Å²) in [4.78, 5) is 23.1. The summed E-state index contributed by atoms with van der Waals surface area (Å²) in [6, 6.07) is 9.74. The molecule has 1 saturated heterocycles. The van der Waals surface area contributed by atoms with Gasteiger partial charge < -0.3 is 14.7 Å². The molecule has 1 aromatic carbocycles. The number of likely N-dealkylation sites (tertiary alicyclic amines) is 1. The van der Waals surface area contributed by atoms with Crippen molar-refractivity contribution in [2.75, 3.05) is 11.9 Å². The molecule has 2 aromatic heterocycles. The number of hydrogen-bond acceptors (Lipinski definition) is 6. The van der Waals surface area contributed by atoms with Crippen LogP contribution in [0.5, 0.6) is 0 Å². The third kappa shape index (κ3) is 3.05. The predicted octanol–water partition coefficient (Wildman–Crippen LogP) is 2.53. The second kappa shape index (κ2) is 6.51. The molecule has 1 aliphatic rings.